The van der Waals surface area contributed by atoms with E-state index in [2.05, 4.69) is 44.9 Å². The van der Waals surface area contributed by atoms with Gasteiger partial charge in [-0.2, -0.15) is 0 Å². The molecule has 3 aliphatic rings. The summed E-state index contributed by atoms with van der Waals surface area (Å²) in [6.45, 7) is 11.0. The molecule has 4 rings (SSSR count). The van der Waals surface area contributed by atoms with E-state index in [1.54, 1.807) is 0 Å². The van der Waals surface area contributed by atoms with Gasteiger partial charge in [-0.05, 0) is 50.1 Å². The molecule has 28 heavy (non-hydrogen) atoms. The van der Waals surface area contributed by atoms with Gasteiger partial charge in [-0.25, -0.2) is 0 Å². The van der Waals surface area contributed by atoms with E-state index in [-0.39, 0.29) is 0 Å². The van der Waals surface area contributed by atoms with Crippen LogP contribution in [0.4, 0.5) is 0 Å². The van der Waals surface area contributed by atoms with Crippen molar-refractivity contribution in [1.29, 1.82) is 0 Å². The molecule has 2 aliphatic heterocycles. The quantitative estimate of drug-likeness (QED) is 0.513. The highest BCUT2D eigenvalue weighted by Crippen LogP contribution is 2.31. The van der Waals surface area contributed by atoms with Gasteiger partial charge in [0.05, 0.1) is 25.8 Å². The summed E-state index contributed by atoms with van der Waals surface area (Å²) in [4.78, 5) is 11.6. The van der Waals surface area contributed by atoms with Crippen LogP contribution in [0.25, 0.3) is 0 Å². The molecule has 0 aromatic carbocycles. The fourth-order valence-corrected chi connectivity index (χ4v) is 5.17. The van der Waals surface area contributed by atoms with Crippen LogP contribution in [-0.2, 0) is 4.74 Å². The predicted molar refractivity (Wildman–Crippen MR) is 116 cm³/mol. The smallest absolute Gasteiger partial charge is 0.191 e. The van der Waals surface area contributed by atoms with Crippen LogP contribution >= 0.6 is 11.3 Å². The van der Waals surface area contributed by atoms with Crippen molar-refractivity contribution in [3.05, 3.63) is 22.4 Å². The van der Waals surface area contributed by atoms with E-state index >= 15 is 0 Å². The summed E-state index contributed by atoms with van der Waals surface area (Å²) in [5.74, 6) is 1.71. The molecule has 3 heterocycles. The topological polar surface area (TPSA) is 52.1 Å². The van der Waals surface area contributed by atoms with E-state index in [9.17, 15) is 0 Å². The van der Waals surface area contributed by atoms with Gasteiger partial charge in [-0.15, -0.1) is 11.3 Å². The van der Waals surface area contributed by atoms with Gasteiger partial charge in [-0.1, -0.05) is 6.07 Å². The van der Waals surface area contributed by atoms with Crippen LogP contribution in [0.1, 0.15) is 37.1 Å². The van der Waals surface area contributed by atoms with Crippen LogP contribution in [0.15, 0.2) is 22.5 Å². The number of aliphatic imine (C=N–C) groups is 1. The Morgan fingerprint density at radius 3 is 2.82 bits per heavy atom. The van der Waals surface area contributed by atoms with Gasteiger partial charge in [0.1, 0.15) is 0 Å². The average molecular weight is 406 g/mol. The van der Waals surface area contributed by atoms with Gasteiger partial charge < -0.3 is 20.3 Å². The van der Waals surface area contributed by atoms with Gasteiger partial charge in [-0.3, -0.25) is 9.89 Å². The number of rotatable bonds is 8. The summed E-state index contributed by atoms with van der Waals surface area (Å²) in [5.41, 5.74) is 0. The number of thiophene rings is 1. The summed E-state index contributed by atoms with van der Waals surface area (Å²) in [7, 11) is 0. The first-order chi connectivity index (χ1) is 13.8. The number of guanidine groups is 1. The molecule has 2 unspecified atom stereocenters. The van der Waals surface area contributed by atoms with E-state index in [0.29, 0.717) is 6.04 Å². The standard InChI is InChI=1S/C21H35N5OS/c1-2-22-21(23-14-17-7-8-26(16-17)18-5-6-18)24-15-19(20-4-3-13-28-20)25-9-11-27-12-10-25/h3-4,13,17-19H,2,5-12,14-16H2,1H3,(H2,22,23,24). The van der Waals surface area contributed by atoms with Crippen LogP contribution in [0.3, 0.4) is 0 Å². The highest BCUT2D eigenvalue weighted by Gasteiger charge is 2.34. The molecule has 0 spiro atoms. The number of morpholine rings is 1. The minimum atomic E-state index is 0.344. The van der Waals surface area contributed by atoms with Crippen molar-refractivity contribution in [2.75, 3.05) is 59.0 Å². The second-order valence-corrected chi connectivity index (χ2v) is 9.14. The largest absolute Gasteiger partial charge is 0.379 e. The number of hydrogen-bond donors (Lipinski definition) is 2. The van der Waals surface area contributed by atoms with Crippen molar-refractivity contribution in [3.63, 3.8) is 0 Å². The molecular formula is C21H35N5OS. The Morgan fingerprint density at radius 2 is 2.11 bits per heavy atom. The van der Waals surface area contributed by atoms with Crippen LogP contribution in [0.5, 0.6) is 0 Å². The third-order valence-corrected chi connectivity index (χ3v) is 7.04. The Hall–Kier alpha value is -1.15. The van der Waals surface area contributed by atoms with Crippen LogP contribution in [-0.4, -0.2) is 80.8 Å². The molecule has 1 saturated carbocycles. The van der Waals surface area contributed by atoms with Crippen molar-refractivity contribution in [1.82, 2.24) is 20.4 Å². The van der Waals surface area contributed by atoms with Crippen molar-refractivity contribution in [2.45, 2.75) is 38.3 Å². The van der Waals surface area contributed by atoms with Crippen LogP contribution in [0.2, 0.25) is 0 Å². The van der Waals surface area contributed by atoms with Crippen molar-refractivity contribution in [2.24, 2.45) is 10.9 Å². The molecule has 1 aliphatic carbocycles. The Balaban J connectivity index is 1.33. The van der Waals surface area contributed by atoms with Crippen LogP contribution in [0, 0.1) is 5.92 Å². The third-order valence-electron chi connectivity index (χ3n) is 6.06. The second-order valence-electron chi connectivity index (χ2n) is 8.16. The maximum atomic E-state index is 5.55. The van der Waals surface area contributed by atoms with Gasteiger partial charge >= 0.3 is 0 Å². The Kier molecular flexibility index (Phi) is 7.23. The van der Waals surface area contributed by atoms with Gasteiger partial charge in [0.2, 0.25) is 0 Å². The molecule has 2 atom stereocenters. The first-order valence-electron chi connectivity index (χ1n) is 10.9. The monoisotopic (exact) mass is 405 g/mol. The molecule has 0 amide bonds. The lowest BCUT2D eigenvalue weighted by atomic mass is 10.1. The summed E-state index contributed by atoms with van der Waals surface area (Å²) in [6, 6.07) is 5.63. The lowest BCUT2D eigenvalue weighted by molar-refractivity contribution is 0.0186. The molecule has 2 N–H and O–H groups in total. The minimum Gasteiger partial charge on any atom is -0.379 e. The highest BCUT2D eigenvalue weighted by atomic mass is 32.1. The van der Waals surface area contributed by atoms with Crippen molar-refractivity contribution in [3.8, 4) is 0 Å². The summed E-state index contributed by atoms with van der Waals surface area (Å²) >= 11 is 1.83. The number of hydrogen-bond acceptors (Lipinski definition) is 5. The maximum absolute atomic E-state index is 5.55. The van der Waals surface area contributed by atoms with E-state index in [1.165, 1.54) is 37.2 Å². The molecule has 0 bridgehead atoms. The number of likely N-dealkylation sites (tertiary alicyclic amines) is 1. The van der Waals surface area contributed by atoms with E-state index in [0.717, 1.165) is 63.9 Å². The van der Waals surface area contributed by atoms with Crippen molar-refractivity contribution < 1.29 is 4.74 Å². The molecule has 2 saturated heterocycles. The fourth-order valence-electron chi connectivity index (χ4n) is 4.32. The molecule has 1 aromatic heterocycles. The first kappa shape index (κ1) is 20.1. The summed E-state index contributed by atoms with van der Waals surface area (Å²) < 4.78 is 5.55. The third kappa shape index (κ3) is 5.47. The number of ether oxygens (including phenoxy) is 1. The maximum Gasteiger partial charge on any atom is 0.191 e. The Bertz CT molecular complexity index is 612. The summed E-state index contributed by atoms with van der Waals surface area (Å²) in [6.07, 6.45) is 4.14. The SMILES string of the molecule is CCNC(=NCC(c1cccs1)N1CCOCC1)NCC1CCN(C2CC2)C1. The minimum absolute atomic E-state index is 0.344. The molecule has 1 aromatic rings. The number of nitrogens with zero attached hydrogens (tertiary/aromatic N) is 3. The zero-order valence-electron chi connectivity index (χ0n) is 17.1. The fraction of sp³-hybridized carbons (Fsp3) is 0.762. The molecule has 156 valence electrons. The normalized spacial score (nSPS) is 25.8. The van der Waals surface area contributed by atoms with E-state index in [1.807, 2.05) is 11.3 Å². The molecule has 6 nitrogen and oxygen atoms in total. The van der Waals surface area contributed by atoms with Crippen LogP contribution < -0.4 is 10.6 Å². The Morgan fingerprint density at radius 1 is 1.25 bits per heavy atom. The highest BCUT2D eigenvalue weighted by molar-refractivity contribution is 7.10. The first-order valence-corrected chi connectivity index (χ1v) is 11.8. The van der Waals surface area contributed by atoms with Crippen molar-refractivity contribution >= 4 is 17.3 Å². The molecular weight excluding hydrogens is 370 g/mol. The van der Waals surface area contributed by atoms with Gasteiger partial charge in [0.25, 0.3) is 0 Å². The molecule has 7 heteroatoms. The predicted octanol–water partition coefficient (Wildman–Crippen LogP) is 2.16. The zero-order valence-corrected chi connectivity index (χ0v) is 17.9. The van der Waals surface area contributed by atoms with Gasteiger partial charge in [0.15, 0.2) is 5.96 Å². The Labute approximate surface area is 173 Å². The summed E-state index contributed by atoms with van der Waals surface area (Å²) in [5, 5.41) is 9.23. The lowest BCUT2D eigenvalue weighted by Gasteiger charge is -2.33. The number of nitrogens with one attached hydrogen (secondary N) is 2. The molecule has 3 fully saturated rings. The molecule has 0 radical (unpaired) electrons. The lowest BCUT2D eigenvalue weighted by Crippen LogP contribution is -2.42. The van der Waals surface area contributed by atoms with Gasteiger partial charge in [0, 0.05) is 43.6 Å². The average Bonchev–Trinajstić information content (AvgIpc) is 3.23. The van der Waals surface area contributed by atoms with E-state index < -0.39 is 0 Å². The second kappa shape index (κ2) is 10.1. The van der Waals surface area contributed by atoms with E-state index in [4.69, 9.17) is 9.73 Å². The zero-order chi connectivity index (χ0) is 19.2.